The number of amides is 1. The smallest absolute Gasteiger partial charge is 0.237 e. The largest absolute Gasteiger partial charge is 0.493 e. The Morgan fingerprint density at radius 1 is 1.21 bits per heavy atom. The molecule has 1 N–H and O–H groups in total. The molecule has 1 fully saturated rings. The molecule has 0 unspecified atom stereocenters. The van der Waals surface area contributed by atoms with Crippen LogP contribution in [0.2, 0.25) is 0 Å². The van der Waals surface area contributed by atoms with Crippen molar-refractivity contribution in [2.45, 2.75) is 6.42 Å². The van der Waals surface area contributed by atoms with Crippen molar-refractivity contribution in [2.75, 3.05) is 39.8 Å². The molecule has 2 rings (SSSR count). The molecule has 0 atom stereocenters. The molecule has 5 heteroatoms. The van der Waals surface area contributed by atoms with Crippen molar-refractivity contribution in [2.24, 2.45) is 0 Å². The van der Waals surface area contributed by atoms with E-state index in [9.17, 15) is 4.79 Å². The third-order valence-corrected chi connectivity index (χ3v) is 3.13. The number of carbonyl (C=O) groups excluding carboxylic acids is 1. The van der Waals surface area contributed by atoms with E-state index in [1.54, 1.807) is 0 Å². The van der Waals surface area contributed by atoms with Gasteiger partial charge in [-0.1, -0.05) is 18.2 Å². The zero-order chi connectivity index (χ0) is 13.5. The number of rotatable bonds is 5. The first-order chi connectivity index (χ1) is 9.24. The van der Waals surface area contributed by atoms with E-state index >= 15 is 0 Å². The number of hydrogen-bond donors (Lipinski definition) is 1. The fourth-order valence-corrected chi connectivity index (χ4v) is 1.93. The van der Waals surface area contributed by atoms with Crippen LogP contribution in [0.1, 0.15) is 6.42 Å². The summed E-state index contributed by atoms with van der Waals surface area (Å²) in [5, 5.41) is 1.98. The maximum absolute atomic E-state index is 11.7. The second kappa shape index (κ2) is 7.11. The highest BCUT2D eigenvalue weighted by molar-refractivity contribution is 5.75. The first-order valence-corrected chi connectivity index (χ1v) is 6.65. The normalized spacial score (nSPS) is 17.1. The van der Waals surface area contributed by atoms with Gasteiger partial charge in [-0.2, -0.15) is 0 Å². The topological polar surface area (TPSA) is 44.8 Å². The van der Waals surface area contributed by atoms with E-state index < -0.39 is 0 Å². The number of hydrogen-bond acceptors (Lipinski definition) is 4. The number of likely N-dealkylation sites (N-methyl/N-ethyl adjacent to an activating group) is 1. The molecule has 0 spiro atoms. The monoisotopic (exact) mass is 263 g/mol. The SMILES string of the molecule is CN1CCN(NC(=O)CCOc2ccccc2)CC1. The molecule has 1 aliphatic heterocycles. The quantitative estimate of drug-likeness (QED) is 0.851. The van der Waals surface area contributed by atoms with Crippen LogP contribution in [0.15, 0.2) is 30.3 Å². The van der Waals surface area contributed by atoms with Gasteiger partial charge >= 0.3 is 0 Å². The predicted molar refractivity (Wildman–Crippen MR) is 73.8 cm³/mol. The minimum absolute atomic E-state index is 0.0143. The highest BCUT2D eigenvalue weighted by atomic mass is 16.5. The summed E-state index contributed by atoms with van der Waals surface area (Å²) in [5.74, 6) is 0.815. The number of carbonyl (C=O) groups is 1. The Bertz CT molecular complexity index is 389. The van der Waals surface area contributed by atoms with Gasteiger partial charge in [0, 0.05) is 26.2 Å². The first-order valence-electron chi connectivity index (χ1n) is 6.65. The molecule has 1 aromatic carbocycles. The summed E-state index contributed by atoms with van der Waals surface area (Å²) < 4.78 is 5.50. The van der Waals surface area contributed by atoms with Crippen molar-refractivity contribution in [3.8, 4) is 5.75 Å². The third kappa shape index (κ3) is 4.89. The molecule has 1 amide bonds. The molecule has 0 radical (unpaired) electrons. The number of para-hydroxylation sites is 1. The second-order valence-electron chi connectivity index (χ2n) is 4.74. The lowest BCUT2D eigenvalue weighted by molar-refractivity contribution is -0.127. The highest BCUT2D eigenvalue weighted by Gasteiger charge is 2.15. The van der Waals surface area contributed by atoms with E-state index in [0.717, 1.165) is 31.9 Å². The van der Waals surface area contributed by atoms with Gasteiger partial charge in [0.05, 0.1) is 13.0 Å². The standard InChI is InChI=1S/C14H21N3O2/c1-16-8-10-17(11-9-16)15-14(18)7-12-19-13-5-3-2-4-6-13/h2-6H,7-12H2,1H3,(H,15,18). The Morgan fingerprint density at radius 2 is 1.89 bits per heavy atom. The summed E-state index contributed by atoms with van der Waals surface area (Å²) in [6, 6.07) is 9.54. The number of benzene rings is 1. The second-order valence-corrected chi connectivity index (χ2v) is 4.74. The number of piperazine rings is 1. The Hall–Kier alpha value is -1.59. The summed E-state index contributed by atoms with van der Waals surface area (Å²) in [5.41, 5.74) is 2.91. The Morgan fingerprint density at radius 3 is 2.58 bits per heavy atom. The molecule has 1 saturated heterocycles. The summed E-state index contributed by atoms with van der Waals surface area (Å²) in [6.45, 7) is 4.13. The molecule has 104 valence electrons. The molecule has 1 heterocycles. The van der Waals surface area contributed by atoms with Crippen LogP contribution in [0.3, 0.4) is 0 Å². The maximum Gasteiger partial charge on any atom is 0.237 e. The number of nitrogens with one attached hydrogen (secondary N) is 1. The van der Waals surface area contributed by atoms with Gasteiger partial charge in [0.2, 0.25) is 5.91 Å². The lowest BCUT2D eigenvalue weighted by Crippen LogP contribution is -2.52. The van der Waals surface area contributed by atoms with E-state index in [2.05, 4.69) is 17.4 Å². The zero-order valence-electron chi connectivity index (χ0n) is 11.3. The molecule has 5 nitrogen and oxygen atoms in total. The van der Waals surface area contributed by atoms with Crippen molar-refractivity contribution in [1.82, 2.24) is 15.3 Å². The highest BCUT2D eigenvalue weighted by Crippen LogP contribution is 2.08. The van der Waals surface area contributed by atoms with Gasteiger partial charge in [0.1, 0.15) is 5.75 Å². The Kier molecular flexibility index (Phi) is 5.18. The van der Waals surface area contributed by atoms with Crippen molar-refractivity contribution in [1.29, 1.82) is 0 Å². The number of hydrazine groups is 1. The van der Waals surface area contributed by atoms with Gasteiger partial charge in [-0.25, -0.2) is 5.01 Å². The molecule has 0 aromatic heterocycles. The Balaban J connectivity index is 1.62. The van der Waals surface area contributed by atoms with E-state index in [-0.39, 0.29) is 5.91 Å². The van der Waals surface area contributed by atoms with E-state index in [4.69, 9.17) is 4.74 Å². The Labute approximate surface area is 114 Å². The van der Waals surface area contributed by atoms with E-state index in [0.29, 0.717) is 13.0 Å². The van der Waals surface area contributed by atoms with Crippen LogP contribution < -0.4 is 10.2 Å². The van der Waals surface area contributed by atoms with Crippen LogP contribution in [0, 0.1) is 0 Å². The average Bonchev–Trinajstić information content (AvgIpc) is 2.43. The third-order valence-electron chi connectivity index (χ3n) is 3.13. The lowest BCUT2D eigenvalue weighted by Gasteiger charge is -2.32. The van der Waals surface area contributed by atoms with Gasteiger partial charge in [-0.3, -0.25) is 10.2 Å². The zero-order valence-corrected chi connectivity index (χ0v) is 11.3. The van der Waals surface area contributed by atoms with E-state index in [1.807, 2.05) is 35.3 Å². The van der Waals surface area contributed by atoms with Crippen molar-refractivity contribution < 1.29 is 9.53 Å². The van der Waals surface area contributed by atoms with E-state index in [1.165, 1.54) is 0 Å². The van der Waals surface area contributed by atoms with Crippen LogP contribution in [-0.4, -0.2) is 55.6 Å². The molecule has 0 aliphatic carbocycles. The van der Waals surface area contributed by atoms with Gasteiger partial charge in [0.15, 0.2) is 0 Å². The van der Waals surface area contributed by atoms with Crippen molar-refractivity contribution in [3.63, 3.8) is 0 Å². The summed E-state index contributed by atoms with van der Waals surface area (Å²) in [6.07, 6.45) is 0.376. The number of nitrogens with zero attached hydrogens (tertiary/aromatic N) is 2. The molecule has 19 heavy (non-hydrogen) atoms. The minimum Gasteiger partial charge on any atom is -0.493 e. The van der Waals surface area contributed by atoms with Gasteiger partial charge < -0.3 is 9.64 Å². The van der Waals surface area contributed by atoms with Crippen LogP contribution in [0.4, 0.5) is 0 Å². The fraction of sp³-hybridized carbons (Fsp3) is 0.500. The van der Waals surface area contributed by atoms with Crippen molar-refractivity contribution >= 4 is 5.91 Å². The molecular formula is C14H21N3O2. The molecule has 0 saturated carbocycles. The van der Waals surface area contributed by atoms with Gasteiger partial charge in [-0.15, -0.1) is 0 Å². The maximum atomic E-state index is 11.7. The summed E-state index contributed by atoms with van der Waals surface area (Å²) in [7, 11) is 2.09. The van der Waals surface area contributed by atoms with Crippen LogP contribution in [-0.2, 0) is 4.79 Å². The van der Waals surface area contributed by atoms with Crippen LogP contribution >= 0.6 is 0 Å². The first kappa shape index (κ1) is 13.8. The summed E-state index contributed by atoms with van der Waals surface area (Å²) >= 11 is 0. The van der Waals surface area contributed by atoms with Crippen molar-refractivity contribution in [3.05, 3.63) is 30.3 Å². The molecular weight excluding hydrogens is 242 g/mol. The van der Waals surface area contributed by atoms with Gasteiger partial charge in [-0.05, 0) is 19.2 Å². The number of ether oxygens (including phenoxy) is 1. The van der Waals surface area contributed by atoms with Crippen LogP contribution in [0.5, 0.6) is 5.75 Å². The predicted octanol–water partition coefficient (Wildman–Crippen LogP) is 0.734. The lowest BCUT2D eigenvalue weighted by atomic mass is 10.3. The minimum atomic E-state index is 0.0143. The average molecular weight is 263 g/mol. The molecule has 1 aromatic rings. The van der Waals surface area contributed by atoms with Crippen LogP contribution in [0.25, 0.3) is 0 Å². The molecule has 1 aliphatic rings. The van der Waals surface area contributed by atoms with Gasteiger partial charge in [0.25, 0.3) is 0 Å². The molecule has 0 bridgehead atoms. The summed E-state index contributed by atoms with van der Waals surface area (Å²) in [4.78, 5) is 14.0. The fourth-order valence-electron chi connectivity index (χ4n) is 1.93.